The fourth-order valence-electron chi connectivity index (χ4n) is 2.61. The summed E-state index contributed by atoms with van der Waals surface area (Å²) in [7, 11) is 1.69. The number of carbonyl (C=O) groups excluding carboxylic acids is 1. The molecular formula is C11H18O2. The first-order valence-electron chi connectivity index (χ1n) is 5.38. The summed E-state index contributed by atoms with van der Waals surface area (Å²) in [4.78, 5) is 12.1. The van der Waals surface area contributed by atoms with Gasteiger partial charge in [-0.2, -0.15) is 0 Å². The molecule has 0 amide bonds. The largest absolute Gasteiger partial charge is 0.370 e. The standard InChI is InChI=1S/C11H18O2/c1-13-11(7-4-8-11)10(12)9-5-2-3-6-9/h9H,2-8H2,1H3. The van der Waals surface area contributed by atoms with Gasteiger partial charge in [0.1, 0.15) is 5.60 Å². The van der Waals surface area contributed by atoms with Crippen LogP contribution in [-0.2, 0) is 9.53 Å². The Balaban J connectivity index is 2.01. The number of Topliss-reactive ketones (excluding diaryl/α,β-unsaturated/α-hetero) is 1. The molecule has 0 N–H and O–H groups in total. The van der Waals surface area contributed by atoms with Gasteiger partial charge in [-0.05, 0) is 32.1 Å². The first-order chi connectivity index (χ1) is 6.28. The first-order valence-corrected chi connectivity index (χ1v) is 5.38. The van der Waals surface area contributed by atoms with Crippen LogP contribution in [0.25, 0.3) is 0 Å². The predicted octanol–water partition coefficient (Wildman–Crippen LogP) is 2.31. The molecule has 2 aliphatic rings. The van der Waals surface area contributed by atoms with Gasteiger partial charge in [-0.15, -0.1) is 0 Å². The molecule has 0 saturated heterocycles. The Bertz CT molecular complexity index is 195. The summed E-state index contributed by atoms with van der Waals surface area (Å²) in [5, 5.41) is 0. The Morgan fingerprint density at radius 3 is 2.23 bits per heavy atom. The van der Waals surface area contributed by atoms with Crippen molar-refractivity contribution >= 4 is 5.78 Å². The number of methoxy groups -OCH3 is 1. The van der Waals surface area contributed by atoms with Crippen LogP contribution in [0.15, 0.2) is 0 Å². The van der Waals surface area contributed by atoms with Gasteiger partial charge in [0, 0.05) is 13.0 Å². The van der Waals surface area contributed by atoms with Gasteiger partial charge in [0.05, 0.1) is 0 Å². The second-order valence-corrected chi connectivity index (χ2v) is 4.40. The topological polar surface area (TPSA) is 26.3 Å². The second kappa shape index (κ2) is 3.41. The molecule has 2 heteroatoms. The monoisotopic (exact) mass is 182 g/mol. The van der Waals surface area contributed by atoms with E-state index in [0.29, 0.717) is 11.7 Å². The molecule has 2 aliphatic carbocycles. The van der Waals surface area contributed by atoms with Crippen molar-refractivity contribution in [2.45, 2.75) is 50.5 Å². The third-order valence-electron chi connectivity index (χ3n) is 3.73. The highest BCUT2D eigenvalue weighted by molar-refractivity contribution is 5.90. The number of rotatable bonds is 3. The van der Waals surface area contributed by atoms with E-state index >= 15 is 0 Å². The average molecular weight is 182 g/mol. The van der Waals surface area contributed by atoms with Crippen LogP contribution in [0.3, 0.4) is 0 Å². The summed E-state index contributed by atoms with van der Waals surface area (Å²) >= 11 is 0. The van der Waals surface area contributed by atoms with Crippen molar-refractivity contribution in [1.82, 2.24) is 0 Å². The van der Waals surface area contributed by atoms with Crippen molar-refractivity contribution in [3.8, 4) is 0 Å². The molecule has 2 saturated carbocycles. The van der Waals surface area contributed by atoms with Crippen molar-refractivity contribution in [2.24, 2.45) is 5.92 Å². The summed E-state index contributed by atoms with van der Waals surface area (Å²) in [5.41, 5.74) is -0.352. The van der Waals surface area contributed by atoms with Crippen LogP contribution in [-0.4, -0.2) is 18.5 Å². The van der Waals surface area contributed by atoms with Gasteiger partial charge in [-0.25, -0.2) is 0 Å². The molecular weight excluding hydrogens is 164 g/mol. The van der Waals surface area contributed by atoms with Crippen LogP contribution >= 0.6 is 0 Å². The lowest BCUT2D eigenvalue weighted by molar-refractivity contribution is -0.156. The van der Waals surface area contributed by atoms with Crippen LogP contribution in [0.2, 0.25) is 0 Å². The fraction of sp³-hybridized carbons (Fsp3) is 0.909. The quantitative estimate of drug-likeness (QED) is 0.669. The third kappa shape index (κ3) is 1.41. The predicted molar refractivity (Wildman–Crippen MR) is 50.6 cm³/mol. The van der Waals surface area contributed by atoms with E-state index in [4.69, 9.17) is 4.74 Å². The van der Waals surface area contributed by atoms with E-state index in [1.54, 1.807) is 7.11 Å². The molecule has 2 fully saturated rings. The lowest BCUT2D eigenvalue weighted by Crippen LogP contribution is -2.49. The summed E-state index contributed by atoms with van der Waals surface area (Å²) < 4.78 is 5.40. The van der Waals surface area contributed by atoms with E-state index in [-0.39, 0.29) is 5.60 Å². The van der Waals surface area contributed by atoms with Gasteiger partial charge >= 0.3 is 0 Å². The molecule has 0 heterocycles. The maximum Gasteiger partial charge on any atom is 0.167 e. The number of ketones is 1. The zero-order valence-electron chi connectivity index (χ0n) is 8.34. The van der Waals surface area contributed by atoms with Crippen LogP contribution in [0.1, 0.15) is 44.9 Å². The van der Waals surface area contributed by atoms with Gasteiger partial charge < -0.3 is 4.74 Å². The number of hydrogen-bond acceptors (Lipinski definition) is 2. The lowest BCUT2D eigenvalue weighted by Gasteiger charge is -2.40. The highest BCUT2D eigenvalue weighted by Gasteiger charge is 2.47. The Hall–Kier alpha value is -0.370. The number of ether oxygens (including phenoxy) is 1. The van der Waals surface area contributed by atoms with Gasteiger partial charge in [0.2, 0.25) is 0 Å². The molecule has 0 aromatic rings. The van der Waals surface area contributed by atoms with Gasteiger partial charge in [0.15, 0.2) is 5.78 Å². The van der Waals surface area contributed by atoms with Crippen LogP contribution in [0.4, 0.5) is 0 Å². The maximum absolute atomic E-state index is 12.1. The summed E-state index contributed by atoms with van der Waals surface area (Å²) in [6.45, 7) is 0. The molecule has 0 aromatic heterocycles. The highest BCUT2D eigenvalue weighted by Crippen LogP contribution is 2.41. The van der Waals surface area contributed by atoms with Crippen molar-refractivity contribution < 1.29 is 9.53 Å². The second-order valence-electron chi connectivity index (χ2n) is 4.40. The SMILES string of the molecule is COC1(C(=O)C2CCCC2)CCC1. The Morgan fingerprint density at radius 2 is 1.85 bits per heavy atom. The van der Waals surface area contributed by atoms with E-state index in [9.17, 15) is 4.79 Å². The molecule has 0 aliphatic heterocycles. The van der Waals surface area contributed by atoms with Gasteiger partial charge in [0.25, 0.3) is 0 Å². The lowest BCUT2D eigenvalue weighted by atomic mass is 9.72. The molecule has 2 rings (SSSR count). The average Bonchev–Trinajstić information content (AvgIpc) is 2.54. The smallest absolute Gasteiger partial charge is 0.167 e. The summed E-state index contributed by atoms with van der Waals surface area (Å²) in [6.07, 6.45) is 7.74. The van der Waals surface area contributed by atoms with Crippen molar-refractivity contribution in [2.75, 3.05) is 7.11 Å². The zero-order chi connectivity index (χ0) is 9.31. The normalized spacial score (nSPS) is 27.2. The highest BCUT2D eigenvalue weighted by atomic mass is 16.5. The Labute approximate surface area is 79.7 Å². The molecule has 0 unspecified atom stereocenters. The van der Waals surface area contributed by atoms with E-state index in [1.165, 1.54) is 12.8 Å². The molecule has 74 valence electrons. The van der Waals surface area contributed by atoms with Crippen molar-refractivity contribution in [3.63, 3.8) is 0 Å². The Kier molecular flexibility index (Phi) is 2.41. The molecule has 13 heavy (non-hydrogen) atoms. The molecule has 0 atom stereocenters. The Morgan fingerprint density at radius 1 is 1.23 bits per heavy atom. The molecule has 2 nitrogen and oxygen atoms in total. The van der Waals surface area contributed by atoms with Crippen molar-refractivity contribution in [1.29, 1.82) is 0 Å². The minimum absolute atomic E-state index is 0.320. The van der Waals surface area contributed by atoms with Crippen LogP contribution in [0, 0.1) is 5.92 Å². The van der Waals surface area contributed by atoms with Crippen LogP contribution < -0.4 is 0 Å². The minimum atomic E-state index is -0.352. The summed E-state index contributed by atoms with van der Waals surface area (Å²) in [6, 6.07) is 0. The van der Waals surface area contributed by atoms with E-state index in [0.717, 1.165) is 32.1 Å². The van der Waals surface area contributed by atoms with E-state index in [1.807, 2.05) is 0 Å². The number of hydrogen-bond donors (Lipinski definition) is 0. The first kappa shape index (κ1) is 9.20. The molecule has 0 spiro atoms. The fourth-order valence-corrected chi connectivity index (χ4v) is 2.61. The van der Waals surface area contributed by atoms with Crippen molar-refractivity contribution in [3.05, 3.63) is 0 Å². The van der Waals surface area contributed by atoms with Gasteiger partial charge in [-0.1, -0.05) is 12.8 Å². The van der Waals surface area contributed by atoms with Crippen LogP contribution in [0.5, 0.6) is 0 Å². The molecule has 0 aromatic carbocycles. The van der Waals surface area contributed by atoms with E-state index < -0.39 is 0 Å². The summed E-state index contributed by atoms with van der Waals surface area (Å²) in [5.74, 6) is 0.721. The zero-order valence-corrected chi connectivity index (χ0v) is 8.34. The molecule has 0 radical (unpaired) electrons. The minimum Gasteiger partial charge on any atom is -0.370 e. The molecule has 0 bridgehead atoms. The van der Waals surface area contributed by atoms with Gasteiger partial charge in [-0.3, -0.25) is 4.79 Å². The number of carbonyl (C=O) groups is 1. The third-order valence-corrected chi connectivity index (χ3v) is 3.73. The van der Waals surface area contributed by atoms with E-state index in [2.05, 4.69) is 0 Å². The maximum atomic E-state index is 12.1.